The van der Waals surface area contributed by atoms with Gasteiger partial charge in [-0.25, -0.2) is 4.79 Å². The minimum absolute atomic E-state index is 0.200. The Morgan fingerprint density at radius 3 is 2.64 bits per heavy atom. The van der Waals surface area contributed by atoms with Crippen molar-refractivity contribution in [2.75, 3.05) is 19.0 Å². The molecule has 0 atom stereocenters. The fourth-order valence-electron chi connectivity index (χ4n) is 1.84. The molecule has 0 bridgehead atoms. The molecule has 0 saturated heterocycles. The molecule has 22 heavy (non-hydrogen) atoms. The Kier molecular flexibility index (Phi) is 5.27. The van der Waals surface area contributed by atoms with Gasteiger partial charge >= 0.3 is 6.03 Å². The van der Waals surface area contributed by atoms with Crippen LogP contribution in [0.3, 0.4) is 0 Å². The molecule has 0 heterocycles. The number of primary amides is 1. The van der Waals surface area contributed by atoms with Gasteiger partial charge in [-0.05, 0) is 24.3 Å². The van der Waals surface area contributed by atoms with Crippen molar-refractivity contribution in [3.8, 4) is 23.3 Å². The van der Waals surface area contributed by atoms with Crippen molar-refractivity contribution >= 4 is 11.7 Å². The third-order valence-electron chi connectivity index (χ3n) is 2.75. The zero-order chi connectivity index (χ0) is 15.8. The number of hydrogen-bond acceptors (Lipinski definition) is 3. The third-order valence-corrected chi connectivity index (χ3v) is 2.75. The molecule has 0 aliphatic heterocycles. The normalized spacial score (nSPS) is 9.32. The van der Waals surface area contributed by atoms with Crippen LogP contribution in [0.4, 0.5) is 10.5 Å². The second-order valence-corrected chi connectivity index (χ2v) is 4.28. The molecule has 0 unspecified atom stereocenters. The molecule has 5 nitrogen and oxygen atoms in total. The zero-order valence-corrected chi connectivity index (χ0v) is 12.1. The van der Waals surface area contributed by atoms with Gasteiger partial charge in [0.25, 0.3) is 0 Å². The first-order valence-corrected chi connectivity index (χ1v) is 6.61. The summed E-state index contributed by atoms with van der Waals surface area (Å²) in [5.41, 5.74) is 6.48. The molecule has 0 spiro atoms. The average molecular weight is 296 g/mol. The lowest BCUT2D eigenvalue weighted by atomic mass is 10.2. The number of nitrogens with two attached hydrogens (primary N) is 1. The van der Waals surface area contributed by atoms with Crippen LogP contribution in [0, 0.1) is 11.8 Å². The number of ether oxygens (including phenoxy) is 2. The van der Waals surface area contributed by atoms with Gasteiger partial charge in [0.15, 0.2) is 11.5 Å². The molecule has 112 valence electrons. The van der Waals surface area contributed by atoms with Crippen LogP contribution in [-0.4, -0.2) is 19.7 Å². The Morgan fingerprint density at radius 1 is 1.18 bits per heavy atom. The number of amides is 2. The molecule has 5 heteroatoms. The quantitative estimate of drug-likeness (QED) is 0.852. The van der Waals surface area contributed by atoms with Gasteiger partial charge < -0.3 is 20.5 Å². The summed E-state index contributed by atoms with van der Waals surface area (Å²) in [7, 11) is 1.49. The summed E-state index contributed by atoms with van der Waals surface area (Å²) in [6, 6.07) is 14.1. The van der Waals surface area contributed by atoms with Gasteiger partial charge in [-0.2, -0.15) is 0 Å². The molecular formula is C17H16N2O3. The summed E-state index contributed by atoms with van der Waals surface area (Å²) in [4.78, 5) is 11.0. The largest absolute Gasteiger partial charge is 0.491 e. The number of para-hydroxylation sites is 1. The smallest absolute Gasteiger partial charge is 0.316 e. The maximum absolute atomic E-state index is 11.0. The molecule has 0 fully saturated rings. The van der Waals surface area contributed by atoms with Gasteiger partial charge in [-0.1, -0.05) is 36.1 Å². The first-order valence-electron chi connectivity index (χ1n) is 6.61. The predicted octanol–water partition coefficient (Wildman–Crippen LogP) is 2.62. The number of methoxy groups -OCH3 is 1. The number of anilines is 1. The lowest BCUT2D eigenvalue weighted by molar-refractivity contribution is 0.259. The van der Waals surface area contributed by atoms with Crippen LogP contribution < -0.4 is 20.5 Å². The molecule has 0 aromatic heterocycles. The predicted molar refractivity (Wildman–Crippen MR) is 85.0 cm³/mol. The number of carbonyl (C=O) groups excluding carboxylic acids is 1. The Morgan fingerprint density at radius 2 is 1.95 bits per heavy atom. The number of carbonyl (C=O) groups is 1. The molecule has 3 N–H and O–H groups in total. The first kappa shape index (κ1) is 15.3. The van der Waals surface area contributed by atoms with E-state index in [-0.39, 0.29) is 6.61 Å². The third kappa shape index (κ3) is 4.18. The van der Waals surface area contributed by atoms with Crippen molar-refractivity contribution in [3.63, 3.8) is 0 Å². The van der Waals surface area contributed by atoms with Gasteiger partial charge in [0.1, 0.15) is 6.61 Å². The molecular weight excluding hydrogens is 280 g/mol. The molecule has 2 rings (SSSR count). The number of rotatable bonds is 4. The molecule has 0 saturated carbocycles. The van der Waals surface area contributed by atoms with E-state index in [1.54, 1.807) is 18.2 Å². The highest BCUT2D eigenvalue weighted by molar-refractivity contribution is 5.90. The number of nitrogens with one attached hydrogen (secondary N) is 1. The highest BCUT2D eigenvalue weighted by Crippen LogP contribution is 2.34. The van der Waals surface area contributed by atoms with E-state index in [0.717, 1.165) is 5.56 Å². The van der Waals surface area contributed by atoms with E-state index < -0.39 is 6.03 Å². The standard InChI is InChI=1S/C17H16N2O3/c1-21-16-14(19-17(18)20)10-5-11-15(16)22-12-6-9-13-7-3-2-4-8-13/h2-5,7-8,10-11H,12H2,1H3,(H3,18,19,20). The molecule has 2 aromatic rings. The van der Waals surface area contributed by atoms with E-state index >= 15 is 0 Å². The topological polar surface area (TPSA) is 73.6 Å². The second-order valence-electron chi connectivity index (χ2n) is 4.28. The molecule has 2 amide bonds. The molecule has 2 aromatic carbocycles. The van der Waals surface area contributed by atoms with Crippen molar-refractivity contribution in [2.24, 2.45) is 5.73 Å². The van der Waals surface area contributed by atoms with E-state index in [1.807, 2.05) is 30.3 Å². The summed E-state index contributed by atoms with van der Waals surface area (Å²) in [6.07, 6.45) is 0. The minimum atomic E-state index is -0.667. The van der Waals surface area contributed by atoms with Crippen LogP contribution in [0.25, 0.3) is 0 Å². The number of urea groups is 1. The number of benzene rings is 2. The van der Waals surface area contributed by atoms with E-state index in [2.05, 4.69) is 17.2 Å². The minimum Gasteiger partial charge on any atom is -0.491 e. The molecule has 0 aliphatic rings. The van der Waals surface area contributed by atoms with Crippen LogP contribution in [-0.2, 0) is 0 Å². The van der Waals surface area contributed by atoms with Gasteiger partial charge in [0.05, 0.1) is 12.8 Å². The van der Waals surface area contributed by atoms with Crippen LogP contribution in [0.1, 0.15) is 5.56 Å². The van der Waals surface area contributed by atoms with Gasteiger partial charge in [0.2, 0.25) is 0 Å². The SMILES string of the molecule is COc1c(NC(N)=O)cccc1OCC#Cc1ccccc1. The summed E-state index contributed by atoms with van der Waals surface area (Å²) in [5.74, 6) is 6.80. The lowest BCUT2D eigenvalue weighted by Gasteiger charge is -2.12. The van der Waals surface area contributed by atoms with Crippen molar-refractivity contribution in [3.05, 3.63) is 54.1 Å². The maximum Gasteiger partial charge on any atom is 0.316 e. The van der Waals surface area contributed by atoms with Crippen LogP contribution in [0.5, 0.6) is 11.5 Å². The fraction of sp³-hybridized carbons (Fsp3) is 0.118. The fourth-order valence-corrected chi connectivity index (χ4v) is 1.84. The summed E-state index contributed by atoms with van der Waals surface area (Å²) >= 11 is 0. The van der Waals surface area contributed by atoms with Crippen molar-refractivity contribution < 1.29 is 14.3 Å². The highest BCUT2D eigenvalue weighted by Gasteiger charge is 2.10. The summed E-state index contributed by atoms with van der Waals surface area (Å²) in [5, 5.41) is 2.48. The molecule has 0 aliphatic carbocycles. The van der Waals surface area contributed by atoms with Gasteiger partial charge in [0, 0.05) is 5.56 Å². The van der Waals surface area contributed by atoms with Crippen molar-refractivity contribution in [1.82, 2.24) is 0 Å². The van der Waals surface area contributed by atoms with Crippen LogP contribution in [0.2, 0.25) is 0 Å². The average Bonchev–Trinajstić information content (AvgIpc) is 2.52. The summed E-state index contributed by atoms with van der Waals surface area (Å²) < 4.78 is 10.8. The van der Waals surface area contributed by atoms with E-state index in [1.165, 1.54) is 7.11 Å². The van der Waals surface area contributed by atoms with Gasteiger partial charge in [-0.3, -0.25) is 0 Å². The number of hydrogen-bond donors (Lipinski definition) is 2. The Balaban J connectivity index is 2.07. The second kappa shape index (κ2) is 7.60. The lowest BCUT2D eigenvalue weighted by Crippen LogP contribution is -2.19. The Labute approximate surface area is 129 Å². The van der Waals surface area contributed by atoms with Crippen molar-refractivity contribution in [1.29, 1.82) is 0 Å². The Hall–Kier alpha value is -3.13. The highest BCUT2D eigenvalue weighted by atomic mass is 16.5. The van der Waals surface area contributed by atoms with Crippen LogP contribution >= 0.6 is 0 Å². The van der Waals surface area contributed by atoms with Crippen LogP contribution in [0.15, 0.2) is 48.5 Å². The van der Waals surface area contributed by atoms with E-state index in [0.29, 0.717) is 17.2 Å². The maximum atomic E-state index is 11.0. The van der Waals surface area contributed by atoms with E-state index in [4.69, 9.17) is 15.2 Å². The molecule has 0 radical (unpaired) electrons. The van der Waals surface area contributed by atoms with Gasteiger partial charge in [-0.15, -0.1) is 0 Å². The monoisotopic (exact) mass is 296 g/mol. The zero-order valence-electron chi connectivity index (χ0n) is 12.1. The Bertz CT molecular complexity index is 703. The first-order chi connectivity index (χ1) is 10.7. The summed E-state index contributed by atoms with van der Waals surface area (Å²) in [6.45, 7) is 0.200. The van der Waals surface area contributed by atoms with Crippen molar-refractivity contribution in [2.45, 2.75) is 0 Å². The van der Waals surface area contributed by atoms with E-state index in [9.17, 15) is 4.79 Å².